The van der Waals surface area contributed by atoms with Crippen molar-refractivity contribution in [3.05, 3.63) is 53.6 Å². The Morgan fingerprint density at radius 3 is 2.71 bits per heavy atom. The molecule has 4 unspecified atom stereocenters. The van der Waals surface area contributed by atoms with Crippen LogP contribution in [-0.4, -0.2) is 43.7 Å². The van der Waals surface area contributed by atoms with Crippen LogP contribution in [0.15, 0.2) is 42.5 Å². The van der Waals surface area contributed by atoms with Crippen LogP contribution in [0, 0.1) is 17.2 Å². The molecule has 0 aromatic heterocycles. The standard InChI is InChI=1S/C27H31N3O4/c1-17-14-29-15-25(33-16-17)27(32)30-22(13-28)11-19-4-6-20(7-5-19)21-8-9-24-23(12-21)18(2)3-10-26(31)34-24/h4-9,12,17-18,22,25,29H,3,10-11,14-16H2,1-2H3,(H,30,32). The lowest BCUT2D eigenvalue weighted by Gasteiger charge is -2.18. The van der Waals surface area contributed by atoms with Crippen molar-refractivity contribution in [1.29, 1.82) is 5.26 Å². The summed E-state index contributed by atoms with van der Waals surface area (Å²) in [5.41, 5.74) is 4.09. The number of nitriles is 1. The van der Waals surface area contributed by atoms with Gasteiger partial charge in [0, 0.05) is 25.9 Å². The van der Waals surface area contributed by atoms with Crippen molar-refractivity contribution >= 4 is 11.9 Å². The third-order valence-electron chi connectivity index (χ3n) is 6.44. The van der Waals surface area contributed by atoms with Crippen molar-refractivity contribution in [1.82, 2.24) is 10.6 Å². The smallest absolute Gasteiger partial charge is 0.311 e. The highest BCUT2D eigenvalue weighted by atomic mass is 16.5. The fourth-order valence-corrected chi connectivity index (χ4v) is 4.36. The van der Waals surface area contributed by atoms with E-state index >= 15 is 0 Å². The highest BCUT2D eigenvalue weighted by Crippen LogP contribution is 2.36. The van der Waals surface area contributed by atoms with E-state index in [0.717, 1.165) is 35.2 Å². The molecule has 2 aliphatic rings. The molecule has 0 bridgehead atoms. The van der Waals surface area contributed by atoms with E-state index in [-0.39, 0.29) is 17.8 Å². The molecule has 0 aliphatic carbocycles. The zero-order chi connectivity index (χ0) is 24.1. The fraction of sp³-hybridized carbons (Fsp3) is 0.444. The lowest BCUT2D eigenvalue weighted by Crippen LogP contribution is -2.46. The average Bonchev–Trinajstić information content (AvgIpc) is 3.14. The highest BCUT2D eigenvalue weighted by molar-refractivity contribution is 5.81. The molecule has 2 aromatic rings. The third-order valence-corrected chi connectivity index (χ3v) is 6.44. The highest BCUT2D eigenvalue weighted by Gasteiger charge is 2.25. The van der Waals surface area contributed by atoms with Crippen molar-refractivity contribution in [3.63, 3.8) is 0 Å². The van der Waals surface area contributed by atoms with Crippen LogP contribution in [0.3, 0.4) is 0 Å². The van der Waals surface area contributed by atoms with Crippen LogP contribution in [0.1, 0.15) is 43.7 Å². The molecule has 2 N–H and O–H groups in total. The maximum Gasteiger partial charge on any atom is 0.311 e. The Morgan fingerprint density at radius 2 is 1.94 bits per heavy atom. The van der Waals surface area contributed by atoms with E-state index in [2.05, 4.69) is 36.6 Å². The van der Waals surface area contributed by atoms with Crippen molar-refractivity contribution in [2.45, 2.75) is 51.2 Å². The topological polar surface area (TPSA) is 100 Å². The van der Waals surface area contributed by atoms with Gasteiger partial charge < -0.3 is 20.1 Å². The first-order valence-corrected chi connectivity index (χ1v) is 11.9. The number of ether oxygens (including phenoxy) is 2. The second-order valence-electron chi connectivity index (χ2n) is 9.34. The molecule has 0 saturated carbocycles. The van der Waals surface area contributed by atoms with E-state index in [1.54, 1.807) is 0 Å². The molecule has 4 rings (SSSR count). The second-order valence-corrected chi connectivity index (χ2v) is 9.34. The van der Waals surface area contributed by atoms with Gasteiger partial charge in [0.1, 0.15) is 17.9 Å². The molecule has 34 heavy (non-hydrogen) atoms. The van der Waals surface area contributed by atoms with Crippen LogP contribution in [0.4, 0.5) is 0 Å². The minimum atomic E-state index is -0.634. The number of fused-ring (bicyclic) bond motifs is 1. The number of nitrogens with one attached hydrogen (secondary N) is 2. The van der Waals surface area contributed by atoms with Gasteiger partial charge in [-0.2, -0.15) is 5.26 Å². The first kappa shape index (κ1) is 23.9. The Balaban J connectivity index is 1.41. The van der Waals surface area contributed by atoms with Gasteiger partial charge >= 0.3 is 5.97 Å². The first-order valence-electron chi connectivity index (χ1n) is 11.9. The van der Waals surface area contributed by atoms with E-state index in [4.69, 9.17) is 9.47 Å². The van der Waals surface area contributed by atoms with Gasteiger partial charge in [-0.05, 0) is 52.6 Å². The molecule has 4 atom stereocenters. The molecule has 7 heteroatoms. The van der Waals surface area contributed by atoms with Gasteiger partial charge in [0.2, 0.25) is 0 Å². The van der Waals surface area contributed by atoms with Gasteiger partial charge in [0.05, 0.1) is 12.7 Å². The fourth-order valence-electron chi connectivity index (χ4n) is 4.36. The zero-order valence-electron chi connectivity index (χ0n) is 19.7. The van der Waals surface area contributed by atoms with Crippen molar-refractivity contribution < 1.29 is 19.1 Å². The van der Waals surface area contributed by atoms with E-state index in [1.165, 1.54) is 0 Å². The molecule has 7 nitrogen and oxygen atoms in total. The molecule has 2 aliphatic heterocycles. The lowest BCUT2D eigenvalue weighted by atomic mass is 9.92. The van der Waals surface area contributed by atoms with Crippen LogP contribution in [-0.2, 0) is 20.7 Å². The molecule has 178 valence electrons. The molecular weight excluding hydrogens is 430 g/mol. The predicted octanol–water partition coefficient (Wildman–Crippen LogP) is 3.33. The molecule has 0 radical (unpaired) electrons. The molecule has 2 aromatic carbocycles. The number of carbonyl (C=O) groups is 2. The number of esters is 1. The van der Waals surface area contributed by atoms with Crippen LogP contribution >= 0.6 is 0 Å². The van der Waals surface area contributed by atoms with Gasteiger partial charge in [-0.1, -0.05) is 44.2 Å². The Bertz CT molecular complexity index is 1080. The molecule has 2 heterocycles. The van der Waals surface area contributed by atoms with Gasteiger partial charge in [-0.15, -0.1) is 0 Å². The van der Waals surface area contributed by atoms with Crippen LogP contribution in [0.25, 0.3) is 11.1 Å². The summed E-state index contributed by atoms with van der Waals surface area (Å²) in [4.78, 5) is 24.4. The number of benzene rings is 2. The first-order chi connectivity index (χ1) is 16.4. The summed E-state index contributed by atoms with van der Waals surface area (Å²) in [5.74, 6) is 0.797. The quantitative estimate of drug-likeness (QED) is 0.523. The van der Waals surface area contributed by atoms with E-state index in [9.17, 15) is 14.9 Å². The molecular formula is C27H31N3O4. The van der Waals surface area contributed by atoms with Crippen molar-refractivity contribution in [2.75, 3.05) is 19.7 Å². The molecule has 1 fully saturated rings. The zero-order valence-corrected chi connectivity index (χ0v) is 19.7. The normalized spacial score (nSPS) is 23.4. The van der Waals surface area contributed by atoms with Gasteiger partial charge in [0.25, 0.3) is 5.91 Å². The van der Waals surface area contributed by atoms with Crippen LogP contribution < -0.4 is 15.4 Å². The minimum absolute atomic E-state index is 0.182. The summed E-state index contributed by atoms with van der Waals surface area (Å²) in [5, 5.41) is 15.6. The summed E-state index contributed by atoms with van der Waals surface area (Å²) in [7, 11) is 0. The van der Waals surface area contributed by atoms with Crippen LogP contribution in [0.5, 0.6) is 5.75 Å². The third kappa shape index (κ3) is 5.82. The van der Waals surface area contributed by atoms with Crippen molar-refractivity contribution in [3.8, 4) is 22.9 Å². The number of nitrogens with zero attached hydrogens (tertiary/aromatic N) is 1. The van der Waals surface area contributed by atoms with Gasteiger partial charge in [-0.3, -0.25) is 9.59 Å². The summed E-state index contributed by atoms with van der Waals surface area (Å²) in [6.07, 6.45) is 1.03. The molecule has 0 spiro atoms. The second kappa shape index (κ2) is 10.8. The minimum Gasteiger partial charge on any atom is -0.426 e. The summed E-state index contributed by atoms with van der Waals surface area (Å²) in [6.45, 7) is 5.96. The van der Waals surface area contributed by atoms with Gasteiger partial charge in [0.15, 0.2) is 0 Å². The maximum absolute atomic E-state index is 12.6. The lowest BCUT2D eigenvalue weighted by molar-refractivity contribution is -0.134. The Hall–Kier alpha value is -3.21. The summed E-state index contributed by atoms with van der Waals surface area (Å²) in [6, 6.07) is 15.5. The Morgan fingerprint density at radius 1 is 1.18 bits per heavy atom. The summed E-state index contributed by atoms with van der Waals surface area (Å²) < 4.78 is 11.2. The Labute approximate surface area is 200 Å². The molecule has 1 saturated heterocycles. The number of carbonyl (C=O) groups excluding carboxylic acids is 2. The van der Waals surface area contributed by atoms with Crippen LogP contribution in [0.2, 0.25) is 0 Å². The summed E-state index contributed by atoms with van der Waals surface area (Å²) >= 11 is 0. The number of hydrogen-bond donors (Lipinski definition) is 2. The van der Waals surface area contributed by atoms with E-state index in [0.29, 0.717) is 37.7 Å². The van der Waals surface area contributed by atoms with E-state index < -0.39 is 12.1 Å². The van der Waals surface area contributed by atoms with E-state index in [1.807, 2.05) is 36.4 Å². The van der Waals surface area contributed by atoms with Gasteiger partial charge in [-0.25, -0.2) is 0 Å². The largest absolute Gasteiger partial charge is 0.426 e. The number of rotatable bonds is 5. The average molecular weight is 462 g/mol. The SMILES string of the molecule is CC1CNCC(C(=O)NC(C#N)Cc2ccc(-c3ccc4c(c3)C(C)CCC(=O)O4)cc2)OC1. The monoisotopic (exact) mass is 461 g/mol. The Kier molecular flexibility index (Phi) is 7.61. The maximum atomic E-state index is 12.6. The number of amides is 1. The molecule has 1 amide bonds. The van der Waals surface area contributed by atoms with Crippen molar-refractivity contribution in [2.24, 2.45) is 5.92 Å². The number of hydrogen-bond acceptors (Lipinski definition) is 6. The predicted molar refractivity (Wildman–Crippen MR) is 128 cm³/mol.